The highest BCUT2D eigenvalue weighted by atomic mass is 32.1. The number of thiophene rings is 1. The first-order valence-electron chi connectivity index (χ1n) is 7.10. The van der Waals surface area contributed by atoms with Crippen LogP contribution in [-0.4, -0.2) is 37.9 Å². The van der Waals surface area contributed by atoms with Gasteiger partial charge in [0.05, 0.1) is 24.0 Å². The Labute approximate surface area is 132 Å². The van der Waals surface area contributed by atoms with Gasteiger partial charge in [-0.15, -0.1) is 11.3 Å². The molecule has 8 heteroatoms. The van der Waals surface area contributed by atoms with E-state index in [1.54, 1.807) is 0 Å². The van der Waals surface area contributed by atoms with E-state index in [1.165, 1.54) is 23.2 Å². The highest BCUT2D eigenvalue weighted by molar-refractivity contribution is 7.17. The Kier molecular flexibility index (Phi) is 5.15. The lowest BCUT2D eigenvalue weighted by Crippen LogP contribution is -3.08. The van der Waals surface area contributed by atoms with Gasteiger partial charge >= 0.3 is 0 Å². The molecule has 1 aromatic heterocycles. The molecule has 0 aromatic carbocycles. The molecular formula is C14H19N3O4S. The fourth-order valence-electron chi connectivity index (χ4n) is 2.47. The van der Waals surface area contributed by atoms with Gasteiger partial charge in [0, 0.05) is 32.3 Å². The molecule has 0 bridgehead atoms. The van der Waals surface area contributed by atoms with Crippen LogP contribution in [0.1, 0.15) is 34.1 Å². The van der Waals surface area contributed by atoms with E-state index < -0.39 is 5.97 Å². The summed E-state index contributed by atoms with van der Waals surface area (Å²) >= 11 is 1.42. The standard InChI is InChI=1S/C14H19N3O4S/c1-8(18)16-14-12(13(21)15-5-3-11(19)20)9-4-6-17(2)7-10(9)22-14/h3-7H2,1-2H3,(H,15,21)(H,16,18)(H,19,20). The van der Waals surface area contributed by atoms with Gasteiger partial charge < -0.3 is 25.4 Å². The predicted octanol–water partition coefficient (Wildman–Crippen LogP) is -1.85. The number of carbonyl (C=O) groups is 3. The molecule has 1 aliphatic heterocycles. The van der Waals surface area contributed by atoms with Crippen molar-refractivity contribution in [2.75, 3.05) is 25.5 Å². The summed E-state index contributed by atoms with van der Waals surface area (Å²) in [6.45, 7) is 3.14. The molecule has 0 aliphatic carbocycles. The fraction of sp³-hybridized carbons (Fsp3) is 0.500. The Balaban J connectivity index is 2.25. The number of nitrogens with one attached hydrogen (secondary N) is 3. The summed E-state index contributed by atoms with van der Waals surface area (Å²) in [5, 5.41) is 16.3. The maximum Gasteiger partial charge on any atom is 0.254 e. The summed E-state index contributed by atoms with van der Waals surface area (Å²) in [5.41, 5.74) is 1.44. The number of aliphatic carboxylic acids is 1. The zero-order valence-electron chi connectivity index (χ0n) is 12.6. The van der Waals surface area contributed by atoms with E-state index in [0.717, 1.165) is 30.0 Å². The molecule has 0 fully saturated rings. The Morgan fingerprint density at radius 3 is 2.73 bits per heavy atom. The Morgan fingerprint density at radius 2 is 2.09 bits per heavy atom. The third-order valence-corrected chi connectivity index (χ3v) is 4.63. The summed E-state index contributed by atoms with van der Waals surface area (Å²) in [6.07, 6.45) is 0.529. The molecule has 22 heavy (non-hydrogen) atoms. The Hall–Kier alpha value is -1.93. The van der Waals surface area contributed by atoms with Crippen molar-refractivity contribution in [1.82, 2.24) is 5.32 Å². The number of quaternary nitrogens is 1. The average Bonchev–Trinajstić information content (AvgIpc) is 2.74. The molecule has 1 aromatic rings. The molecule has 2 amide bonds. The number of likely N-dealkylation sites (N-methyl/N-ethyl adjacent to an activating group) is 1. The van der Waals surface area contributed by atoms with E-state index in [-0.39, 0.29) is 24.8 Å². The van der Waals surface area contributed by atoms with Crippen LogP contribution in [0.4, 0.5) is 5.00 Å². The van der Waals surface area contributed by atoms with Crippen molar-refractivity contribution in [3.05, 3.63) is 16.0 Å². The van der Waals surface area contributed by atoms with E-state index in [4.69, 9.17) is 0 Å². The monoisotopic (exact) mass is 325 g/mol. The minimum absolute atomic E-state index is 0.0104. The number of carboxylic acid groups (broad SMARTS) is 1. The summed E-state index contributed by atoms with van der Waals surface area (Å²) in [5.74, 6) is -1.79. The lowest BCUT2D eigenvalue weighted by molar-refractivity contribution is -0.895. The van der Waals surface area contributed by atoms with Gasteiger partial charge in [0.2, 0.25) is 5.91 Å². The molecule has 1 atom stereocenters. The molecule has 1 unspecified atom stereocenters. The minimum Gasteiger partial charge on any atom is -0.550 e. The zero-order valence-corrected chi connectivity index (χ0v) is 13.4. The first-order chi connectivity index (χ1) is 10.4. The van der Waals surface area contributed by atoms with Gasteiger partial charge in [0.1, 0.15) is 11.5 Å². The van der Waals surface area contributed by atoms with Crippen LogP contribution in [0.15, 0.2) is 0 Å². The van der Waals surface area contributed by atoms with Crippen LogP contribution in [-0.2, 0) is 22.6 Å². The topological polar surface area (TPSA) is 103 Å². The number of carbonyl (C=O) groups excluding carboxylic acids is 3. The summed E-state index contributed by atoms with van der Waals surface area (Å²) in [7, 11) is 2.08. The molecule has 7 nitrogen and oxygen atoms in total. The second-order valence-corrected chi connectivity index (χ2v) is 6.51. The van der Waals surface area contributed by atoms with Crippen LogP contribution in [0, 0.1) is 0 Å². The summed E-state index contributed by atoms with van der Waals surface area (Å²) in [6, 6.07) is 0. The molecule has 0 spiro atoms. The zero-order chi connectivity index (χ0) is 16.3. The molecule has 2 heterocycles. The second kappa shape index (κ2) is 6.89. The molecular weight excluding hydrogens is 306 g/mol. The van der Waals surface area contributed by atoms with Crippen molar-refractivity contribution < 1.29 is 24.4 Å². The lowest BCUT2D eigenvalue weighted by Gasteiger charge is -2.20. The van der Waals surface area contributed by atoms with Gasteiger partial charge in [0.15, 0.2) is 0 Å². The lowest BCUT2D eigenvalue weighted by atomic mass is 10.0. The number of hydrogen-bond donors (Lipinski definition) is 3. The molecule has 1 aliphatic rings. The molecule has 2 rings (SSSR count). The Morgan fingerprint density at radius 1 is 1.36 bits per heavy atom. The molecule has 120 valence electrons. The van der Waals surface area contributed by atoms with Crippen LogP contribution in [0.2, 0.25) is 0 Å². The van der Waals surface area contributed by atoms with Crippen molar-refractivity contribution in [2.24, 2.45) is 0 Å². The van der Waals surface area contributed by atoms with Crippen LogP contribution in [0.5, 0.6) is 0 Å². The highest BCUT2D eigenvalue weighted by Gasteiger charge is 2.28. The molecule has 0 saturated heterocycles. The third kappa shape index (κ3) is 3.83. The maximum atomic E-state index is 12.4. The van der Waals surface area contributed by atoms with Gasteiger partial charge in [-0.2, -0.15) is 0 Å². The summed E-state index contributed by atoms with van der Waals surface area (Å²) in [4.78, 5) is 36.6. The average molecular weight is 325 g/mol. The number of anilines is 1. The van der Waals surface area contributed by atoms with E-state index in [2.05, 4.69) is 17.7 Å². The number of fused-ring (bicyclic) bond motifs is 1. The SMILES string of the molecule is CC(=O)Nc1sc2c(c1C(=O)NCCC(=O)[O-])CC[NH+](C)C2. The fourth-order valence-corrected chi connectivity index (χ4v) is 3.88. The third-order valence-electron chi connectivity index (χ3n) is 3.49. The Bertz CT molecular complexity index is 611. The first-order valence-corrected chi connectivity index (χ1v) is 7.91. The smallest absolute Gasteiger partial charge is 0.254 e. The van der Waals surface area contributed by atoms with Gasteiger partial charge in [-0.05, 0) is 5.56 Å². The number of carboxylic acids is 1. The van der Waals surface area contributed by atoms with Crippen LogP contribution in [0.3, 0.4) is 0 Å². The van der Waals surface area contributed by atoms with Crippen LogP contribution in [0.25, 0.3) is 0 Å². The molecule has 0 saturated carbocycles. The van der Waals surface area contributed by atoms with Crippen molar-refractivity contribution in [1.29, 1.82) is 0 Å². The van der Waals surface area contributed by atoms with E-state index in [9.17, 15) is 19.5 Å². The minimum atomic E-state index is -1.21. The predicted molar refractivity (Wildman–Crippen MR) is 79.7 cm³/mol. The highest BCUT2D eigenvalue weighted by Crippen LogP contribution is 2.34. The van der Waals surface area contributed by atoms with Crippen LogP contribution < -0.4 is 20.6 Å². The largest absolute Gasteiger partial charge is 0.550 e. The number of rotatable bonds is 5. The van der Waals surface area contributed by atoms with E-state index >= 15 is 0 Å². The molecule has 0 radical (unpaired) electrons. The summed E-state index contributed by atoms with van der Waals surface area (Å²) < 4.78 is 0. The normalized spacial score (nSPS) is 16.7. The maximum absolute atomic E-state index is 12.4. The van der Waals surface area contributed by atoms with E-state index in [0.29, 0.717) is 10.6 Å². The van der Waals surface area contributed by atoms with Crippen molar-refractivity contribution >= 4 is 34.1 Å². The van der Waals surface area contributed by atoms with Gasteiger partial charge in [-0.3, -0.25) is 9.59 Å². The van der Waals surface area contributed by atoms with E-state index in [1.807, 2.05) is 0 Å². The van der Waals surface area contributed by atoms with Crippen molar-refractivity contribution in [3.63, 3.8) is 0 Å². The van der Waals surface area contributed by atoms with Crippen molar-refractivity contribution in [3.8, 4) is 0 Å². The van der Waals surface area contributed by atoms with Crippen molar-refractivity contribution in [2.45, 2.75) is 26.3 Å². The number of hydrogen-bond acceptors (Lipinski definition) is 5. The quantitative estimate of drug-likeness (QED) is 0.591. The van der Waals surface area contributed by atoms with Gasteiger partial charge in [-0.1, -0.05) is 0 Å². The molecule has 3 N–H and O–H groups in total. The van der Waals surface area contributed by atoms with Gasteiger partial charge in [-0.25, -0.2) is 0 Å². The first kappa shape index (κ1) is 16.4. The van der Waals surface area contributed by atoms with Gasteiger partial charge in [0.25, 0.3) is 5.91 Å². The number of amides is 2. The second-order valence-electron chi connectivity index (χ2n) is 5.40. The van der Waals surface area contributed by atoms with Crippen LogP contribution >= 0.6 is 11.3 Å².